The molecule has 0 saturated heterocycles. The molecule has 2 aromatic carbocycles. The number of halogens is 2. The van der Waals surface area contributed by atoms with E-state index < -0.39 is 11.6 Å². The SMILES string of the molecule is CCc1cccc(CNCC(CO)CNC(=O)/C(N)=C/SC/C=C(\C)N=NSC)c1.Cc1cc(F)cc(F)c1. The van der Waals surface area contributed by atoms with Crippen LogP contribution in [-0.2, 0) is 17.8 Å². The number of hydrogen-bond acceptors (Lipinski definition) is 8. The van der Waals surface area contributed by atoms with Gasteiger partial charge in [0, 0.05) is 50.2 Å². The summed E-state index contributed by atoms with van der Waals surface area (Å²) in [6, 6.07) is 11.8. The fourth-order valence-corrected chi connectivity index (χ4v) is 4.05. The first kappa shape index (κ1) is 34.3. The quantitative estimate of drug-likeness (QED) is 0.102. The van der Waals surface area contributed by atoms with E-state index in [0.29, 0.717) is 24.4 Å². The van der Waals surface area contributed by atoms with Gasteiger partial charge in [0.2, 0.25) is 0 Å². The van der Waals surface area contributed by atoms with E-state index in [2.05, 4.69) is 51.5 Å². The van der Waals surface area contributed by atoms with Crippen LogP contribution in [0.15, 0.2) is 75.0 Å². The van der Waals surface area contributed by atoms with Crippen molar-refractivity contribution in [1.82, 2.24) is 10.6 Å². The molecule has 0 saturated carbocycles. The average Bonchev–Trinajstić information content (AvgIpc) is 2.91. The Labute approximate surface area is 239 Å². The zero-order valence-electron chi connectivity index (χ0n) is 22.9. The van der Waals surface area contributed by atoms with Crippen molar-refractivity contribution >= 4 is 29.6 Å². The summed E-state index contributed by atoms with van der Waals surface area (Å²) in [7, 11) is 0. The lowest BCUT2D eigenvalue weighted by molar-refractivity contribution is -0.117. The van der Waals surface area contributed by atoms with Crippen molar-refractivity contribution in [2.24, 2.45) is 21.3 Å². The van der Waals surface area contributed by atoms with E-state index in [1.54, 1.807) is 12.3 Å². The third-order valence-electron chi connectivity index (χ3n) is 5.21. The normalized spacial score (nSPS) is 12.7. The minimum atomic E-state index is -0.521. The number of carbonyl (C=O) groups excluding carboxylic acids is 1. The summed E-state index contributed by atoms with van der Waals surface area (Å²) >= 11 is 2.71. The molecule has 2 aromatic rings. The van der Waals surface area contributed by atoms with Crippen molar-refractivity contribution in [3.05, 3.63) is 93.7 Å². The highest BCUT2D eigenvalue weighted by Crippen LogP contribution is 2.09. The highest BCUT2D eigenvalue weighted by molar-refractivity contribution is 8.02. The molecule has 1 atom stereocenters. The van der Waals surface area contributed by atoms with E-state index in [9.17, 15) is 18.7 Å². The van der Waals surface area contributed by atoms with Crippen LogP contribution in [0.4, 0.5) is 8.78 Å². The molecule has 0 aliphatic heterocycles. The molecule has 0 aliphatic rings. The second-order valence-corrected chi connectivity index (χ2v) is 10.1. The number of benzene rings is 2. The summed E-state index contributed by atoms with van der Waals surface area (Å²) in [6.07, 6.45) is 4.76. The summed E-state index contributed by atoms with van der Waals surface area (Å²) in [5.74, 6) is -0.814. The number of aliphatic hydroxyl groups excluding tert-OH is 1. The van der Waals surface area contributed by atoms with Gasteiger partial charge < -0.3 is 21.5 Å². The Bertz CT molecular complexity index is 1060. The first-order valence-electron chi connectivity index (χ1n) is 12.5. The van der Waals surface area contributed by atoms with Crippen LogP contribution in [-0.4, -0.2) is 42.7 Å². The lowest BCUT2D eigenvalue weighted by Gasteiger charge is -2.16. The number of thioether (sulfide) groups is 1. The van der Waals surface area contributed by atoms with Crippen LogP contribution in [0.2, 0.25) is 0 Å². The van der Waals surface area contributed by atoms with Crippen LogP contribution in [0.1, 0.15) is 30.5 Å². The molecule has 0 aliphatic carbocycles. The Morgan fingerprint density at radius 3 is 2.46 bits per heavy atom. The summed E-state index contributed by atoms with van der Waals surface area (Å²) in [4.78, 5) is 12.1. The lowest BCUT2D eigenvalue weighted by atomic mass is 10.1. The van der Waals surface area contributed by atoms with Crippen molar-refractivity contribution in [1.29, 1.82) is 0 Å². The zero-order chi connectivity index (χ0) is 29.0. The fraction of sp³-hybridized carbons (Fsp3) is 0.393. The van der Waals surface area contributed by atoms with Gasteiger partial charge in [0.05, 0.1) is 5.70 Å². The Balaban J connectivity index is 0.000000708. The maximum atomic E-state index is 12.2. The molecule has 0 fully saturated rings. The van der Waals surface area contributed by atoms with Crippen LogP contribution in [0.3, 0.4) is 0 Å². The maximum absolute atomic E-state index is 12.2. The first-order chi connectivity index (χ1) is 18.7. The maximum Gasteiger partial charge on any atom is 0.267 e. The number of aryl methyl sites for hydroxylation is 2. The molecule has 0 spiro atoms. The van der Waals surface area contributed by atoms with E-state index in [-0.39, 0.29) is 24.1 Å². The van der Waals surface area contributed by atoms with Gasteiger partial charge in [-0.3, -0.25) is 4.79 Å². The molecule has 2 rings (SSSR count). The molecule has 11 heteroatoms. The smallest absolute Gasteiger partial charge is 0.267 e. The van der Waals surface area contributed by atoms with Crippen molar-refractivity contribution < 1.29 is 18.7 Å². The zero-order valence-corrected chi connectivity index (χ0v) is 24.5. The predicted molar refractivity (Wildman–Crippen MR) is 159 cm³/mol. The van der Waals surface area contributed by atoms with E-state index in [0.717, 1.165) is 24.7 Å². The van der Waals surface area contributed by atoms with Gasteiger partial charge in [0.1, 0.15) is 17.3 Å². The minimum Gasteiger partial charge on any atom is -0.396 e. The molecule has 0 aromatic heterocycles. The molecule has 1 amide bonds. The average molecular weight is 580 g/mol. The van der Waals surface area contributed by atoms with E-state index in [4.69, 9.17) is 5.73 Å². The molecule has 1 unspecified atom stereocenters. The molecule has 0 bridgehead atoms. The van der Waals surface area contributed by atoms with Gasteiger partial charge >= 0.3 is 0 Å². The molecule has 5 N–H and O–H groups in total. The summed E-state index contributed by atoms with van der Waals surface area (Å²) < 4.78 is 28.2. The predicted octanol–water partition coefficient (Wildman–Crippen LogP) is 5.50. The molecular weight excluding hydrogens is 540 g/mol. The second kappa shape index (κ2) is 20.2. The van der Waals surface area contributed by atoms with Gasteiger partial charge in [0.25, 0.3) is 5.91 Å². The van der Waals surface area contributed by atoms with Crippen LogP contribution in [0.5, 0.6) is 0 Å². The van der Waals surface area contributed by atoms with Crippen LogP contribution >= 0.6 is 23.7 Å². The Kier molecular flexibility index (Phi) is 17.8. The third kappa shape index (κ3) is 16.1. The number of carbonyl (C=O) groups is 1. The van der Waals surface area contributed by atoms with Gasteiger partial charge in [-0.2, -0.15) is 0 Å². The number of nitrogens with one attached hydrogen (secondary N) is 2. The van der Waals surface area contributed by atoms with Crippen molar-refractivity contribution in [2.45, 2.75) is 33.7 Å². The van der Waals surface area contributed by atoms with Gasteiger partial charge in [-0.15, -0.1) is 21.4 Å². The van der Waals surface area contributed by atoms with Gasteiger partial charge in [-0.1, -0.05) is 37.3 Å². The van der Waals surface area contributed by atoms with Gasteiger partial charge in [0.15, 0.2) is 0 Å². The lowest BCUT2D eigenvalue weighted by Crippen LogP contribution is -2.37. The molecule has 7 nitrogen and oxygen atoms in total. The number of aliphatic hydroxyl groups is 1. The van der Waals surface area contributed by atoms with Crippen LogP contribution < -0.4 is 16.4 Å². The van der Waals surface area contributed by atoms with Gasteiger partial charge in [-0.05, 0) is 66.4 Å². The van der Waals surface area contributed by atoms with Crippen LogP contribution in [0, 0.1) is 24.5 Å². The third-order valence-corrected chi connectivity index (χ3v) is 6.23. The molecule has 0 heterocycles. The number of allylic oxidation sites excluding steroid dienone is 1. The Morgan fingerprint density at radius 2 is 1.85 bits per heavy atom. The van der Waals surface area contributed by atoms with Crippen molar-refractivity contribution in [2.75, 3.05) is 31.7 Å². The highest BCUT2D eigenvalue weighted by Gasteiger charge is 2.11. The Hall–Kier alpha value is -2.73. The Morgan fingerprint density at radius 1 is 1.15 bits per heavy atom. The van der Waals surface area contributed by atoms with Crippen molar-refractivity contribution in [3.63, 3.8) is 0 Å². The number of hydrogen-bond donors (Lipinski definition) is 4. The largest absolute Gasteiger partial charge is 0.396 e. The van der Waals surface area contributed by atoms with Crippen LogP contribution in [0.25, 0.3) is 0 Å². The van der Waals surface area contributed by atoms with E-state index >= 15 is 0 Å². The summed E-state index contributed by atoms with van der Waals surface area (Å²) in [5, 5.41) is 21.3. The monoisotopic (exact) mass is 579 g/mol. The number of rotatable bonds is 14. The second-order valence-electron chi connectivity index (χ2n) is 8.63. The van der Waals surface area contributed by atoms with E-state index in [1.807, 2.05) is 19.3 Å². The minimum absolute atomic E-state index is 0.0185. The summed E-state index contributed by atoms with van der Waals surface area (Å²) in [5.41, 5.74) is 9.91. The molecular formula is C28H39F2N5O2S2. The standard InChI is InChI=1S/C21H33N5O2S2.C7H6F2/c1-4-17-6-5-7-18(10-17)11-23-12-19(14-27)13-24-21(28)20(22)15-30-9-8-16(2)25-26-29-3;1-5-2-6(8)4-7(9)3-5/h5-8,10,15,19,23,27H,4,9,11-14,22H2,1-3H3,(H,24,28);2-4H,1H3/b16-8+,20-15-,26-25?;. The fourth-order valence-electron chi connectivity index (χ4n) is 3.12. The number of nitrogens with two attached hydrogens (primary N) is 1. The molecule has 214 valence electrons. The number of amides is 1. The van der Waals surface area contributed by atoms with Crippen molar-refractivity contribution in [3.8, 4) is 0 Å². The first-order valence-corrected chi connectivity index (χ1v) is 14.7. The number of nitrogens with zero attached hydrogens (tertiary/aromatic N) is 2. The van der Waals surface area contributed by atoms with Gasteiger partial charge in [-0.25, -0.2) is 8.78 Å². The molecule has 0 radical (unpaired) electrons. The van der Waals surface area contributed by atoms with E-state index in [1.165, 1.54) is 47.0 Å². The topological polar surface area (TPSA) is 112 Å². The summed E-state index contributed by atoms with van der Waals surface area (Å²) in [6.45, 7) is 7.29. The molecule has 39 heavy (non-hydrogen) atoms. The highest BCUT2D eigenvalue weighted by atomic mass is 32.2.